The predicted octanol–water partition coefficient (Wildman–Crippen LogP) is 3.66. The lowest BCUT2D eigenvalue weighted by molar-refractivity contribution is -0.120. The number of nitrogens with one attached hydrogen (secondary N) is 3. The van der Waals surface area contributed by atoms with Gasteiger partial charge in [0.25, 0.3) is 0 Å². The zero-order valence-electron chi connectivity index (χ0n) is 15.0. The fraction of sp³-hybridized carbons (Fsp3) is 0.300. The molecule has 0 radical (unpaired) electrons. The van der Waals surface area contributed by atoms with E-state index in [1.165, 1.54) is 6.92 Å². The molecular formula is C20H24ClN3O2. The third-order valence-electron chi connectivity index (χ3n) is 3.83. The fourth-order valence-electron chi connectivity index (χ4n) is 2.62. The largest absolute Gasteiger partial charge is 0.349 e. The number of rotatable bonds is 8. The van der Waals surface area contributed by atoms with Crippen molar-refractivity contribution in [3.63, 3.8) is 0 Å². The molecule has 0 aromatic heterocycles. The van der Waals surface area contributed by atoms with Gasteiger partial charge in [-0.3, -0.25) is 9.59 Å². The van der Waals surface area contributed by atoms with Crippen molar-refractivity contribution in [3.05, 3.63) is 64.7 Å². The SMILES string of the molecule is CCNCc1cccc(NC(=O)CC(NC(C)=O)c2ccc(Cl)cc2)c1. The van der Waals surface area contributed by atoms with E-state index in [2.05, 4.69) is 16.0 Å². The maximum atomic E-state index is 12.5. The van der Waals surface area contributed by atoms with Crippen molar-refractivity contribution in [1.82, 2.24) is 10.6 Å². The maximum absolute atomic E-state index is 12.5. The van der Waals surface area contributed by atoms with Gasteiger partial charge in [0.15, 0.2) is 0 Å². The molecule has 0 spiro atoms. The third kappa shape index (κ3) is 6.50. The fourth-order valence-corrected chi connectivity index (χ4v) is 2.74. The van der Waals surface area contributed by atoms with Gasteiger partial charge in [-0.05, 0) is 41.9 Å². The molecule has 2 aromatic carbocycles. The van der Waals surface area contributed by atoms with Crippen LogP contribution in [-0.2, 0) is 16.1 Å². The van der Waals surface area contributed by atoms with Crippen LogP contribution >= 0.6 is 11.6 Å². The number of benzene rings is 2. The first kappa shape index (κ1) is 19.9. The molecule has 0 heterocycles. The lowest BCUT2D eigenvalue weighted by Gasteiger charge is -2.18. The van der Waals surface area contributed by atoms with Gasteiger partial charge < -0.3 is 16.0 Å². The van der Waals surface area contributed by atoms with Crippen LogP contribution in [0.25, 0.3) is 0 Å². The Morgan fingerprint density at radius 1 is 1.12 bits per heavy atom. The molecule has 0 bridgehead atoms. The van der Waals surface area contributed by atoms with Gasteiger partial charge in [-0.2, -0.15) is 0 Å². The van der Waals surface area contributed by atoms with E-state index in [0.717, 1.165) is 29.9 Å². The van der Waals surface area contributed by atoms with Crippen molar-refractivity contribution in [3.8, 4) is 0 Å². The Hall–Kier alpha value is -2.37. The van der Waals surface area contributed by atoms with E-state index in [1.54, 1.807) is 12.1 Å². The molecule has 1 unspecified atom stereocenters. The minimum atomic E-state index is -0.408. The summed E-state index contributed by atoms with van der Waals surface area (Å²) in [5, 5.41) is 9.58. The lowest BCUT2D eigenvalue weighted by atomic mass is 10.0. The van der Waals surface area contributed by atoms with E-state index in [0.29, 0.717) is 5.02 Å². The summed E-state index contributed by atoms with van der Waals surface area (Å²) in [6, 6.07) is 14.4. The average molecular weight is 374 g/mol. The van der Waals surface area contributed by atoms with Crippen LogP contribution in [-0.4, -0.2) is 18.4 Å². The summed E-state index contributed by atoms with van der Waals surface area (Å²) in [4.78, 5) is 24.0. The number of carbonyl (C=O) groups is 2. The van der Waals surface area contributed by atoms with Gasteiger partial charge in [-0.25, -0.2) is 0 Å². The summed E-state index contributed by atoms with van der Waals surface area (Å²) in [5.74, 6) is -0.357. The van der Waals surface area contributed by atoms with Gasteiger partial charge >= 0.3 is 0 Å². The molecular weight excluding hydrogens is 350 g/mol. The van der Waals surface area contributed by atoms with E-state index in [-0.39, 0.29) is 18.2 Å². The number of hydrogen-bond donors (Lipinski definition) is 3. The minimum Gasteiger partial charge on any atom is -0.349 e. The quantitative estimate of drug-likeness (QED) is 0.661. The first-order valence-corrected chi connectivity index (χ1v) is 8.97. The second-order valence-electron chi connectivity index (χ2n) is 6.04. The van der Waals surface area contributed by atoms with Crippen LogP contribution in [0.15, 0.2) is 48.5 Å². The second kappa shape index (κ2) is 9.94. The molecule has 0 saturated heterocycles. The minimum absolute atomic E-state index is 0.138. The molecule has 3 N–H and O–H groups in total. The Kier molecular flexibility index (Phi) is 7.63. The molecule has 2 aromatic rings. The Balaban J connectivity index is 2.04. The van der Waals surface area contributed by atoms with Crippen molar-refractivity contribution in [2.24, 2.45) is 0 Å². The number of amides is 2. The third-order valence-corrected chi connectivity index (χ3v) is 4.08. The van der Waals surface area contributed by atoms with Crippen LogP contribution in [0.2, 0.25) is 5.02 Å². The highest BCUT2D eigenvalue weighted by Crippen LogP contribution is 2.20. The maximum Gasteiger partial charge on any atom is 0.226 e. The van der Waals surface area contributed by atoms with Crippen molar-refractivity contribution in [2.75, 3.05) is 11.9 Å². The summed E-state index contributed by atoms with van der Waals surface area (Å²) in [7, 11) is 0. The summed E-state index contributed by atoms with van der Waals surface area (Å²) in [6.45, 7) is 5.12. The van der Waals surface area contributed by atoms with Crippen LogP contribution in [0.3, 0.4) is 0 Å². The average Bonchev–Trinajstić information content (AvgIpc) is 2.60. The Morgan fingerprint density at radius 2 is 1.85 bits per heavy atom. The molecule has 6 heteroatoms. The molecule has 0 fully saturated rings. The first-order valence-electron chi connectivity index (χ1n) is 8.60. The number of carbonyl (C=O) groups excluding carboxylic acids is 2. The number of anilines is 1. The van der Waals surface area contributed by atoms with E-state index in [9.17, 15) is 9.59 Å². The molecule has 1 atom stereocenters. The summed E-state index contributed by atoms with van der Waals surface area (Å²) >= 11 is 5.91. The Labute approximate surface area is 159 Å². The predicted molar refractivity (Wildman–Crippen MR) is 105 cm³/mol. The zero-order chi connectivity index (χ0) is 18.9. The van der Waals surface area contributed by atoms with Crippen molar-refractivity contribution in [2.45, 2.75) is 32.9 Å². The summed E-state index contributed by atoms with van der Waals surface area (Å²) in [6.07, 6.45) is 0.138. The zero-order valence-corrected chi connectivity index (χ0v) is 15.8. The van der Waals surface area contributed by atoms with Crippen molar-refractivity contribution < 1.29 is 9.59 Å². The van der Waals surface area contributed by atoms with Gasteiger partial charge in [0.2, 0.25) is 11.8 Å². The van der Waals surface area contributed by atoms with Crippen molar-refractivity contribution >= 4 is 29.1 Å². The van der Waals surface area contributed by atoms with E-state index < -0.39 is 6.04 Å². The van der Waals surface area contributed by atoms with Crippen LogP contribution in [0.4, 0.5) is 5.69 Å². The molecule has 5 nitrogen and oxygen atoms in total. The van der Waals surface area contributed by atoms with E-state index >= 15 is 0 Å². The highest BCUT2D eigenvalue weighted by molar-refractivity contribution is 6.30. The molecule has 0 aliphatic rings. The monoisotopic (exact) mass is 373 g/mol. The highest BCUT2D eigenvalue weighted by Gasteiger charge is 2.17. The summed E-state index contributed by atoms with van der Waals surface area (Å²) in [5.41, 5.74) is 2.67. The standard InChI is InChI=1S/C20H24ClN3O2/c1-3-22-13-15-5-4-6-18(11-15)24-20(26)12-19(23-14(2)25)16-7-9-17(21)10-8-16/h4-11,19,22H,3,12-13H2,1-2H3,(H,23,25)(H,24,26). The number of hydrogen-bond acceptors (Lipinski definition) is 3. The number of halogens is 1. The topological polar surface area (TPSA) is 70.2 Å². The molecule has 2 rings (SSSR count). The van der Waals surface area contributed by atoms with Gasteiger partial charge in [0, 0.05) is 24.2 Å². The van der Waals surface area contributed by atoms with E-state index in [1.807, 2.05) is 43.3 Å². The molecule has 0 aliphatic carbocycles. The highest BCUT2D eigenvalue weighted by atomic mass is 35.5. The lowest BCUT2D eigenvalue weighted by Crippen LogP contribution is -2.29. The summed E-state index contributed by atoms with van der Waals surface area (Å²) < 4.78 is 0. The normalized spacial score (nSPS) is 11.7. The first-order chi connectivity index (χ1) is 12.5. The molecule has 138 valence electrons. The van der Waals surface area contributed by atoms with Gasteiger partial charge in [-0.15, -0.1) is 0 Å². The van der Waals surface area contributed by atoms with Crippen molar-refractivity contribution in [1.29, 1.82) is 0 Å². The Morgan fingerprint density at radius 3 is 2.50 bits per heavy atom. The molecule has 0 saturated carbocycles. The van der Waals surface area contributed by atoms with Crippen LogP contribution < -0.4 is 16.0 Å². The van der Waals surface area contributed by atoms with Gasteiger partial charge in [0.1, 0.15) is 0 Å². The molecule has 0 aliphatic heterocycles. The Bertz CT molecular complexity index is 747. The van der Waals surface area contributed by atoms with Crippen LogP contribution in [0.5, 0.6) is 0 Å². The van der Waals surface area contributed by atoms with Gasteiger partial charge in [-0.1, -0.05) is 42.8 Å². The van der Waals surface area contributed by atoms with Crippen LogP contribution in [0.1, 0.15) is 37.4 Å². The smallest absolute Gasteiger partial charge is 0.226 e. The molecule has 26 heavy (non-hydrogen) atoms. The van der Waals surface area contributed by atoms with E-state index in [4.69, 9.17) is 11.6 Å². The molecule has 2 amide bonds. The van der Waals surface area contributed by atoms with Crippen LogP contribution in [0, 0.1) is 0 Å². The second-order valence-corrected chi connectivity index (χ2v) is 6.47. The van der Waals surface area contributed by atoms with Gasteiger partial charge in [0.05, 0.1) is 12.5 Å².